The largest absolute Gasteiger partial charge is 0.472 e. The number of nitrogens with one attached hydrogen (secondary N) is 1. The van der Waals surface area contributed by atoms with Crippen LogP contribution in [0.3, 0.4) is 0 Å². The molecule has 0 aliphatic heterocycles. The maximum atomic E-state index is 13.6. The number of furan rings is 1. The van der Waals surface area contributed by atoms with Gasteiger partial charge in [0.15, 0.2) is 0 Å². The minimum atomic E-state index is -4.58. The van der Waals surface area contributed by atoms with Crippen LogP contribution in [-0.4, -0.2) is 21.8 Å². The van der Waals surface area contributed by atoms with Crippen molar-refractivity contribution in [3.63, 3.8) is 0 Å². The van der Waals surface area contributed by atoms with Crippen molar-refractivity contribution in [1.29, 1.82) is 0 Å². The monoisotopic (exact) mass is 413 g/mol. The van der Waals surface area contributed by atoms with Crippen molar-refractivity contribution in [1.82, 2.24) is 14.7 Å². The highest BCUT2D eigenvalue weighted by Gasteiger charge is 2.35. The van der Waals surface area contributed by atoms with Crippen molar-refractivity contribution < 1.29 is 22.4 Å². The van der Waals surface area contributed by atoms with Gasteiger partial charge in [0.2, 0.25) is 5.91 Å². The molecular formula is C22H18F3N3O2. The second-order valence-corrected chi connectivity index (χ2v) is 6.88. The lowest BCUT2D eigenvalue weighted by molar-refractivity contribution is -0.136. The van der Waals surface area contributed by atoms with E-state index in [1.54, 1.807) is 12.3 Å². The van der Waals surface area contributed by atoms with E-state index in [0.29, 0.717) is 24.1 Å². The second kappa shape index (κ2) is 8.06. The lowest BCUT2D eigenvalue weighted by Gasteiger charge is -2.10. The van der Waals surface area contributed by atoms with E-state index in [-0.39, 0.29) is 23.7 Å². The van der Waals surface area contributed by atoms with Crippen LogP contribution in [0.15, 0.2) is 71.8 Å². The number of fused-ring (bicyclic) bond motifs is 1. The fourth-order valence-corrected chi connectivity index (χ4v) is 3.25. The molecule has 3 aromatic heterocycles. The summed E-state index contributed by atoms with van der Waals surface area (Å²) in [4.78, 5) is 16.3. The summed E-state index contributed by atoms with van der Waals surface area (Å²) in [6.07, 6.45) is 1.75. The van der Waals surface area contributed by atoms with Gasteiger partial charge in [0, 0.05) is 30.1 Å². The zero-order valence-electron chi connectivity index (χ0n) is 15.8. The van der Waals surface area contributed by atoms with Crippen LogP contribution < -0.4 is 5.32 Å². The molecule has 0 bridgehead atoms. The number of rotatable bonds is 6. The van der Waals surface area contributed by atoms with Gasteiger partial charge in [-0.05, 0) is 24.1 Å². The fourth-order valence-electron chi connectivity index (χ4n) is 3.25. The Balaban J connectivity index is 1.53. The molecule has 0 atom stereocenters. The first-order chi connectivity index (χ1) is 14.4. The molecule has 0 radical (unpaired) electrons. The minimum Gasteiger partial charge on any atom is -0.472 e. The summed E-state index contributed by atoms with van der Waals surface area (Å²) in [7, 11) is 0. The Kier molecular flexibility index (Phi) is 5.31. The number of alkyl halides is 3. The number of carbonyl (C=O) groups is 1. The van der Waals surface area contributed by atoms with E-state index >= 15 is 0 Å². The van der Waals surface area contributed by atoms with E-state index in [0.717, 1.165) is 11.6 Å². The predicted octanol–water partition coefficient (Wildman–Crippen LogP) is 4.51. The van der Waals surface area contributed by atoms with E-state index in [9.17, 15) is 18.0 Å². The molecule has 3 heterocycles. The Morgan fingerprint density at radius 2 is 1.90 bits per heavy atom. The molecule has 1 amide bonds. The first kappa shape index (κ1) is 19.8. The molecule has 8 heteroatoms. The van der Waals surface area contributed by atoms with Crippen LogP contribution in [0.2, 0.25) is 0 Å². The SMILES string of the molecule is O=C(Cc1cn2cc(-c3ccoc3)cc(C(F)(F)F)c2n1)NCCc1ccccc1. The number of carbonyl (C=O) groups excluding carboxylic acids is 1. The molecule has 1 aromatic carbocycles. The third-order valence-electron chi connectivity index (χ3n) is 4.68. The lowest BCUT2D eigenvalue weighted by atomic mass is 10.1. The first-order valence-corrected chi connectivity index (χ1v) is 9.32. The average molecular weight is 413 g/mol. The van der Waals surface area contributed by atoms with Crippen LogP contribution in [-0.2, 0) is 23.8 Å². The van der Waals surface area contributed by atoms with Crippen LogP contribution in [0.5, 0.6) is 0 Å². The summed E-state index contributed by atoms with van der Waals surface area (Å²) < 4.78 is 47.0. The zero-order chi connectivity index (χ0) is 21.1. The van der Waals surface area contributed by atoms with Gasteiger partial charge in [-0.25, -0.2) is 4.98 Å². The summed E-state index contributed by atoms with van der Waals surface area (Å²) in [6.45, 7) is 0.439. The van der Waals surface area contributed by atoms with Crippen LogP contribution >= 0.6 is 0 Å². The average Bonchev–Trinajstić information content (AvgIpc) is 3.36. The Bertz CT molecular complexity index is 1150. The Morgan fingerprint density at radius 1 is 1.10 bits per heavy atom. The highest BCUT2D eigenvalue weighted by Crippen LogP contribution is 2.35. The maximum Gasteiger partial charge on any atom is 0.420 e. The van der Waals surface area contributed by atoms with E-state index in [1.807, 2.05) is 30.3 Å². The molecule has 0 saturated heterocycles. The summed E-state index contributed by atoms with van der Waals surface area (Å²) in [5.41, 5.74) is 1.13. The Hall–Kier alpha value is -3.55. The molecule has 5 nitrogen and oxygen atoms in total. The van der Waals surface area contributed by atoms with Gasteiger partial charge in [0.1, 0.15) is 5.65 Å². The number of imidazole rings is 1. The highest BCUT2D eigenvalue weighted by molar-refractivity contribution is 5.78. The van der Waals surface area contributed by atoms with Gasteiger partial charge in [-0.2, -0.15) is 13.2 Å². The van der Waals surface area contributed by atoms with E-state index in [4.69, 9.17) is 4.42 Å². The molecule has 4 aromatic rings. The Morgan fingerprint density at radius 3 is 2.60 bits per heavy atom. The predicted molar refractivity (Wildman–Crippen MR) is 105 cm³/mol. The topological polar surface area (TPSA) is 59.5 Å². The lowest BCUT2D eigenvalue weighted by Crippen LogP contribution is -2.27. The number of hydrogen-bond donors (Lipinski definition) is 1. The van der Waals surface area contributed by atoms with Crippen LogP contribution in [0.25, 0.3) is 16.8 Å². The molecule has 0 aliphatic rings. The van der Waals surface area contributed by atoms with Gasteiger partial charge < -0.3 is 14.1 Å². The van der Waals surface area contributed by atoms with Crippen molar-refractivity contribution in [2.45, 2.75) is 19.0 Å². The van der Waals surface area contributed by atoms with Gasteiger partial charge in [-0.15, -0.1) is 0 Å². The number of benzene rings is 1. The van der Waals surface area contributed by atoms with Gasteiger partial charge in [0.05, 0.1) is 30.2 Å². The minimum absolute atomic E-state index is 0.102. The number of amides is 1. The number of halogens is 3. The van der Waals surface area contributed by atoms with Crippen molar-refractivity contribution >= 4 is 11.6 Å². The van der Waals surface area contributed by atoms with Crippen LogP contribution in [0, 0.1) is 0 Å². The molecule has 4 rings (SSSR count). The third-order valence-corrected chi connectivity index (χ3v) is 4.68. The number of hydrogen-bond acceptors (Lipinski definition) is 3. The second-order valence-electron chi connectivity index (χ2n) is 6.88. The fraction of sp³-hybridized carbons (Fsp3) is 0.182. The third kappa shape index (κ3) is 4.37. The number of nitrogens with zero attached hydrogens (tertiary/aromatic N) is 2. The molecule has 0 spiro atoms. The Labute approximate surface area is 170 Å². The molecule has 154 valence electrons. The highest BCUT2D eigenvalue weighted by atomic mass is 19.4. The van der Waals surface area contributed by atoms with Gasteiger partial charge in [-0.3, -0.25) is 4.79 Å². The van der Waals surface area contributed by atoms with Crippen LogP contribution in [0.1, 0.15) is 16.8 Å². The summed E-state index contributed by atoms with van der Waals surface area (Å²) in [6, 6.07) is 12.3. The van der Waals surface area contributed by atoms with E-state index in [2.05, 4.69) is 10.3 Å². The molecule has 0 aliphatic carbocycles. The summed E-state index contributed by atoms with van der Waals surface area (Å²) in [5, 5.41) is 2.78. The number of aromatic nitrogens is 2. The van der Waals surface area contributed by atoms with Crippen LogP contribution in [0.4, 0.5) is 13.2 Å². The summed E-state index contributed by atoms with van der Waals surface area (Å²) in [5.74, 6) is -0.294. The number of pyridine rings is 1. The van der Waals surface area contributed by atoms with E-state index < -0.39 is 11.7 Å². The quantitative estimate of drug-likeness (QED) is 0.506. The normalized spacial score (nSPS) is 11.7. The molecule has 0 unspecified atom stereocenters. The first-order valence-electron chi connectivity index (χ1n) is 9.32. The molecule has 1 N–H and O–H groups in total. The zero-order valence-corrected chi connectivity index (χ0v) is 15.8. The van der Waals surface area contributed by atoms with Crippen molar-refractivity contribution in [2.75, 3.05) is 6.54 Å². The van der Waals surface area contributed by atoms with Crippen molar-refractivity contribution in [2.24, 2.45) is 0 Å². The molecule has 0 fully saturated rings. The maximum absolute atomic E-state index is 13.6. The molecule has 30 heavy (non-hydrogen) atoms. The van der Waals surface area contributed by atoms with Crippen molar-refractivity contribution in [3.05, 3.63) is 84.2 Å². The standard InChI is InChI=1S/C22H18F3N3O2/c23-22(24,25)19-10-17(16-7-9-30-14-16)12-28-13-18(27-21(19)28)11-20(29)26-8-6-15-4-2-1-3-5-15/h1-5,7,9-10,12-14H,6,8,11H2,(H,26,29). The smallest absolute Gasteiger partial charge is 0.420 e. The van der Waals surface area contributed by atoms with Crippen molar-refractivity contribution in [3.8, 4) is 11.1 Å². The van der Waals surface area contributed by atoms with Gasteiger partial charge in [0.25, 0.3) is 0 Å². The molecular weight excluding hydrogens is 395 g/mol. The van der Waals surface area contributed by atoms with E-state index in [1.165, 1.54) is 23.1 Å². The summed E-state index contributed by atoms with van der Waals surface area (Å²) >= 11 is 0. The van der Waals surface area contributed by atoms with Gasteiger partial charge >= 0.3 is 6.18 Å². The van der Waals surface area contributed by atoms with Gasteiger partial charge in [-0.1, -0.05) is 30.3 Å². The molecule has 0 saturated carbocycles.